The average Bonchev–Trinajstić information content (AvgIpc) is 2.69. The molecule has 19 heavy (non-hydrogen) atoms. The molecule has 104 valence electrons. The molecule has 2 atom stereocenters. The molecule has 2 heterocycles. The number of aryl methyl sites for hydroxylation is 2. The Hall–Kier alpha value is -1.62. The number of likely N-dealkylation sites (N-methyl/N-ethyl adjacent to an activating group) is 1. The van der Waals surface area contributed by atoms with Crippen molar-refractivity contribution in [2.24, 2.45) is 0 Å². The summed E-state index contributed by atoms with van der Waals surface area (Å²) in [6.07, 6.45) is 0.970. The van der Waals surface area contributed by atoms with E-state index >= 15 is 0 Å². The van der Waals surface area contributed by atoms with Crippen molar-refractivity contribution in [3.63, 3.8) is 0 Å². The van der Waals surface area contributed by atoms with E-state index in [9.17, 15) is 9.59 Å². The van der Waals surface area contributed by atoms with Crippen LogP contribution in [-0.2, 0) is 9.59 Å². The molecule has 0 aromatic carbocycles. The predicted octanol–water partition coefficient (Wildman–Crippen LogP) is 1.69. The van der Waals surface area contributed by atoms with Gasteiger partial charge >= 0.3 is 0 Å². The van der Waals surface area contributed by atoms with Crippen LogP contribution in [0.2, 0.25) is 0 Å². The van der Waals surface area contributed by atoms with Crippen molar-refractivity contribution in [1.82, 2.24) is 10.2 Å². The summed E-state index contributed by atoms with van der Waals surface area (Å²) in [6.45, 7) is 5.82. The molecule has 0 radical (unpaired) electrons. The quantitative estimate of drug-likeness (QED) is 0.844. The van der Waals surface area contributed by atoms with Crippen molar-refractivity contribution >= 4 is 11.8 Å². The van der Waals surface area contributed by atoms with E-state index in [0.717, 1.165) is 17.1 Å². The Morgan fingerprint density at radius 3 is 2.68 bits per heavy atom. The third kappa shape index (κ3) is 2.71. The molecular formula is C14H20N2O3. The number of nitrogens with zero attached hydrogens (tertiary/aromatic N) is 1. The van der Waals surface area contributed by atoms with Crippen molar-refractivity contribution in [3.8, 4) is 0 Å². The van der Waals surface area contributed by atoms with E-state index in [2.05, 4.69) is 5.32 Å². The van der Waals surface area contributed by atoms with Crippen LogP contribution < -0.4 is 5.32 Å². The first-order valence-corrected chi connectivity index (χ1v) is 6.53. The van der Waals surface area contributed by atoms with Crippen molar-refractivity contribution < 1.29 is 14.0 Å². The second-order valence-electron chi connectivity index (χ2n) is 5.14. The van der Waals surface area contributed by atoms with Gasteiger partial charge in [0.2, 0.25) is 11.8 Å². The molecule has 5 nitrogen and oxygen atoms in total. The number of likely N-dealkylation sites (tertiary alicyclic amines) is 1. The molecule has 1 aromatic rings. The van der Waals surface area contributed by atoms with E-state index in [1.165, 1.54) is 11.9 Å². The lowest BCUT2D eigenvalue weighted by atomic mass is 10.0. The maximum Gasteiger partial charge on any atom is 0.246 e. The van der Waals surface area contributed by atoms with Gasteiger partial charge in [0.25, 0.3) is 0 Å². The van der Waals surface area contributed by atoms with Crippen LogP contribution in [-0.4, -0.2) is 29.8 Å². The lowest BCUT2D eigenvalue weighted by Gasteiger charge is -2.30. The number of rotatable bonds is 3. The zero-order valence-electron chi connectivity index (χ0n) is 11.8. The van der Waals surface area contributed by atoms with E-state index in [-0.39, 0.29) is 23.9 Å². The molecule has 1 saturated heterocycles. The van der Waals surface area contributed by atoms with Gasteiger partial charge in [-0.1, -0.05) is 0 Å². The first kappa shape index (κ1) is 13.8. The summed E-state index contributed by atoms with van der Waals surface area (Å²) >= 11 is 0. The smallest absolute Gasteiger partial charge is 0.246 e. The minimum absolute atomic E-state index is 0.0213. The average molecular weight is 264 g/mol. The van der Waals surface area contributed by atoms with Crippen molar-refractivity contribution in [2.75, 3.05) is 7.05 Å². The molecular weight excluding hydrogens is 244 g/mol. The molecule has 1 aliphatic heterocycles. The summed E-state index contributed by atoms with van der Waals surface area (Å²) in [4.78, 5) is 24.6. The SMILES string of the molecule is Cc1cc(C(C)NC2CCC(=O)N(C)C2=O)c(C)o1. The molecule has 2 unspecified atom stereocenters. The van der Waals surface area contributed by atoms with Crippen LogP contribution >= 0.6 is 0 Å². The standard InChI is InChI=1S/C14H20N2O3/c1-8-7-11(10(3)19-8)9(2)15-12-5-6-13(17)16(4)14(12)18/h7,9,12,15H,5-6H2,1-4H3. The van der Waals surface area contributed by atoms with Gasteiger partial charge in [0.05, 0.1) is 6.04 Å². The Balaban J connectivity index is 2.07. The fourth-order valence-electron chi connectivity index (χ4n) is 2.54. The van der Waals surface area contributed by atoms with Crippen LogP contribution in [0.3, 0.4) is 0 Å². The lowest BCUT2D eigenvalue weighted by Crippen LogP contribution is -2.51. The summed E-state index contributed by atoms with van der Waals surface area (Å²) < 4.78 is 5.50. The topological polar surface area (TPSA) is 62.6 Å². The Morgan fingerprint density at radius 1 is 1.42 bits per heavy atom. The van der Waals surface area contributed by atoms with Gasteiger partial charge in [0.15, 0.2) is 0 Å². The van der Waals surface area contributed by atoms with Gasteiger partial charge in [-0.3, -0.25) is 19.8 Å². The van der Waals surface area contributed by atoms with Crippen LogP contribution in [0.1, 0.15) is 42.9 Å². The first-order valence-electron chi connectivity index (χ1n) is 6.53. The van der Waals surface area contributed by atoms with Crippen molar-refractivity contribution in [3.05, 3.63) is 23.2 Å². The Bertz CT molecular complexity index is 507. The van der Waals surface area contributed by atoms with Crippen molar-refractivity contribution in [1.29, 1.82) is 0 Å². The summed E-state index contributed by atoms with van der Waals surface area (Å²) in [5, 5.41) is 3.29. The minimum Gasteiger partial charge on any atom is -0.466 e. The van der Waals surface area contributed by atoms with E-state index in [1.807, 2.05) is 26.8 Å². The third-order valence-corrected chi connectivity index (χ3v) is 3.65. The van der Waals surface area contributed by atoms with Crippen LogP contribution in [0.25, 0.3) is 0 Å². The number of imide groups is 1. The van der Waals surface area contributed by atoms with Gasteiger partial charge in [-0.05, 0) is 33.3 Å². The molecule has 1 aliphatic rings. The summed E-state index contributed by atoms with van der Waals surface area (Å²) in [7, 11) is 1.54. The molecule has 1 N–H and O–H groups in total. The number of furan rings is 1. The van der Waals surface area contributed by atoms with Gasteiger partial charge < -0.3 is 4.42 Å². The number of piperidine rings is 1. The Labute approximate surface area is 113 Å². The molecule has 1 fully saturated rings. The number of carbonyl (C=O) groups excluding carboxylic acids is 2. The van der Waals surface area contributed by atoms with E-state index in [1.54, 1.807) is 0 Å². The zero-order valence-corrected chi connectivity index (χ0v) is 11.8. The van der Waals surface area contributed by atoms with Gasteiger partial charge in [0.1, 0.15) is 11.5 Å². The molecule has 2 amide bonds. The van der Waals surface area contributed by atoms with Crippen LogP contribution in [0.5, 0.6) is 0 Å². The third-order valence-electron chi connectivity index (χ3n) is 3.65. The molecule has 0 aliphatic carbocycles. The van der Waals surface area contributed by atoms with Gasteiger partial charge in [-0.25, -0.2) is 0 Å². The number of amides is 2. The molecule has 0 spiro atoms. The van der Waals surface area contributed by atoms with E-state index in [0.29, 0.717) is 12.8 Å². The van der Waals surface area contributed by atoms with Gasteiger partial charge in [-0.2, -0.15) is 0 Å². The summed E-state index contributed by atoms with van der Waals surface area (Å²) in [6, 6.07) is 1.70. The van der Waals surface area contributed by atoms with Crippen LogP contribution in [0.4, 0.5) is 0 Å². The molecule has 2 rings (SSSR count). The number of nitrogens with one attached hydrogen (secondary N) is 1. The molecule has 0 saturated carbocycles. The predicted molar refractivity (Wildman–Crippen MR) is 70.5 cm³/mol. The fraction of sp³-hybridized carbons (Fsp3) is 0.571. The van der Waals surface area contributed by atoms with Gasteiger partial charge in [0, 0.05) is 25.1 Å². The van der Waals surface area contributed by atoms with Gasteiger partial charge in [-0.15, -0.1) is 0 Å². The number of carbonyl (C=O) groups is 2. The highest BCUT2D eigenvalue weighted by molar-refractivity contribution is 6.00. The summed E-state index contributed by atoms with van der Waals surface area (Å²) in [5.41, 5.74) is 1.06. The molecule has 5 heteroatoms. The maximum absolute atomic E-state index is 12.0. The first-order chi connectivity index (χ1) is 8.90. The van der Waals surface area contributed by atoms with E-state index < -0.39 is 0 Å². The minimum atomic E-state index is -0.299. The highest BCUT2D eigenvalue weighted by Gasteiger charge is 2.32. The second-order valence-corrected chi connectivity index (χ2v) is 5.14. The maximum atomic E-state index is 12.0. The number of hydrogen-bond donors (Lipinski definition) is 1. The highest BCUT2D eigenvalue weighted by Crippen LogP contribution is 2.23. The van der Waals surface area contributed by atoms with E-state index in [4.69, 9.17) is 4.42 Å². The highest BCUT2D eigenvalue weighted by atomic mass is 16.3. The largest absolute Gasteiger partial charge is 0.466 e. The Kier molecular flexibility index (Phi) is 3.75. The lowest BCUT2D eigenvalue weighted by molar-refractivity contribution is -0.148. The normalized spacial score (nSPS) is 21.9. The molecule has 0 bridgehead atoms. The van der Waals surface area contributed by atoms with Crippen LogP contribution in [0.15, 0.2) is 10.5 Å². The Morgan fingerprint density at radius 2 is 2.11 bits per heavy atom. The molecule has 1 aromatic heterocycles. The fourth-order valence-corrected chi connectivity index (χ4v) is 2.54. The zero-order chi connectivity index (χ0) is 14.2. The monoisotopic (exact) mass is 264 g/mol. The van der Waals surface area contributed by atoms with Crippen LogP contribution in [0, 0.1) is 13.8 Å². The van der Waals surface area contributed by atoms with Crippen molar-refractivity contribution in [2.45, 2.75) is 45.7 Å². The second kappa shape index (κ2) is 5.17. The number of hydrogen-bond acceptors (Lipinski definition) is 4. The summed E-state index contributed by atoms with van der Waals surface area (Å²) in [5.74, 6) is 1.47.